The van der Waals surface area contributed by atoms with E-state index in [2.05, 4.69) is 0 Å². The summed E-state index contributed by atoms with van der Waals surface area (Å²) in [6.07, 6.45) is -8.17. The van der Waals surface area contributed by atoms with Gasteiger partial charge in [-0.3, -0.25) is 0 Å². The van der Waals surface area contributed by atoms with Crippen LogP contribution in [0.5, 0.6) is 0 Å². The van der Waals surface area contributed by atoms with Crippen LogP contribution in [0.1, 0.15) is 48.5 Å². The number of alkyl halides is 3. The predicted octanol–water partition coefficient (Wildman–Crippen LogP) is 2.82. The fraction of sp³-hybridized carbons (Fsp3) is 1.00. The summed E-state index contributed by atoms with van der Waals surface area (Å²) in [5.74, 6) is -5.43. The molecule has 0 aromatic rings. The first-order valence-corrected chi connectivity index (χ1v) is 6.80. The molecule has 0 aromatic heterocycles. The molecule has 1 aliphatic heterocycles. The zero-order valence-corrected chi connectivity index (χ0v) is 13.5. The van der Waals surface area contributed by atoms with Gasteiger partial charge in [0.15, 0.2) is 5.79 Å². The Kier molecular flexibility index (Phi) is 4.28. The van der Waals surface area contributed by atoms with Gasteiger partial charge in [-0.25, -0.2) is 0 Å². The molecule has 0 bridgehead atoms. The van der Waals surface area contributed by atoms with Gasteiger partial charge >= 0.3 is 6.18 Å². The molecule has 0 amide bonds. The fourth-order valence-electron chi connectivity index (χ4n) is 2.69. The maximum Gasteiger partial charge on any atom is 0.445 e. The lowest BCUT2D eigenvalue weighted by atomic mass is 9.78. The smallest absolute Gasteiger partial charge is 0.364 e. The van der Waals surface area contributed by atoms with Gasteiger partial charge in [-0.1, -0.05) is 41.5 Å². The number of ether oxygens (including phenoxy) is 2. The van der Waals surface area contributed by atoms with Crippen molar-refractivity contribution < 1.29 is 32.9 Å². The number of halogens is 3. The van der Waals surface area contributed by atoms with Gasteiger partial charge in [-0.05, 0) is 17.8 Å². The highest BCUT2D eigenvalue weighted by Crippen LogP contribution is 2.51. The minimum atomic E-state index is -5.05. The number of aliphatic hydroxyl groups is 2. The maximum absolute atomic E-state index is 13.4. The molecule has 0 aliphatic carbocycles. The summed E-state index contributed by atoms with van der Waals surface area (Å²) in [6.45, 7) is 10.5. The van der Waals surface area contributed by atoms with E-state index >= 15 is 0 Å². The Balaban J connectivity index is 3.39. The van der Waals surface area contributed by atoms with E-state index < -0.39 is 40.8 Å². The lowest BCUT2D eigenvalue weighted by molar-refractivity contribution is -0.498. The molecular formula is C14H25F3O4. The molecule has 4 nitrogen and oxygen atoms in total. The van der Waals surface area contributed by atoms with Crippen LogP contribution in [0.2, 0.25) is 0 Å². The van der Waals surface area contributed by atoms with Gasteiger partial charge in [0.1, 0.15) is 12.2 Å². The van der Waals surface area contributed by atoms with Gasteiger partial charge in [-0.15, -0.1) is 0 Å². The van der Waals surface area contributed by atoms with E-state index in [1.54, 1.807) is 20.8 Å². The molecule has 1 fully saturated rings. The van der Waals surface area contributed by atoms with Gasteiger partial charge in [0, 0.05) is 0 Å². The van der Waals surface area contributed by atoms with E-state index in [-0.39, 0.29) is 0 Å². The third-order valence-corrected chi connectivity index (χ3v) is 3.48. The molecule has 1 aliphatic rings. The van der Waals surface area contributed by atoms with Crippen molar-refractivity contribution in [1.82, 2.24) is 0 Å². The van der Waals surface area contributed by atoms with Crippen LogP contribution in [0.3, 0.4) is 0 Å². The summed E-state index contributed by atoms with van der Waals surface area (Å²) in [5.41, 5.74) is -1.97. The third-order valence-electron chi connectivity index (χ3n) is 3.48. The van der Waals surface area contributed by atoms with E-state index in [0.717, 1.165) is 0 Å². The topological polar surface area (TPSA) is 58.9 Å². The molecule has 0 spiro atoms. The average molecular weight is 314 g/mol. The van der Waals surface area contributed by atoms with Crippen molar-refractivity contribution >= 4 is 0 Å². The molecule has 0 unspecified atom stereocenters. The molecule has 0 aromatic carbocycles. The Bertz CT molecular complexity index is 392. The second-order valence-corrected chi connectivity index (χ2v) is 7.98. The SMILES string of the molecule is CC(C)(C)[C@@H]1O[C@@](C)(O)[C@H](C(C)(C)C)O[C@]1(O)C(F)(F)F. The highest BCUT2D eigenvalue weighted by atomic mass is 19.4. The zero-order chi connectivity index (χ0) is 17.1. The van der Waals surface area contributed by atoms with Gasteiger partial charge < -0.3 is 19.7 Å². The summed E-state index contributed by atoms with van der Waals surface area (Å²) in [6, 6.07) is 0. The van der Waals surface area contributed by atoms with Crippen LogP contribution >= 0.6 is 0 Å². The average Bonchev–Trinajstić information content (AvgIpc) is 2.16. The monoisotopic (exact) mass is 314 g/mol. The van der Waals surface area contributed by atoms with Crippen LogP contribution in [0.15, 0.2) is 0 Å². The lowest BCUT2D eigenvalue weighted by Gasteiger charge is -2.56. The molecular weight excluding hydrogens is 289 g/mol. The second-order valence-electron chi connectivity index (χ2n) is 7.98. The largest absolute Gasteiger partial charge is 0.445 e. The maximum atomic E-state index is 13.4. The molecule has 7 heteroatoms. The van der Waals surface area contributed by atoms with Crippen molar-refractivity contribution in [3.05, 3.63) is 0 Å². The van der Waals surface area contributed by atoms with Crippen LogP contribution in [-0.2, 0) is 9.47 Å². The molecule has 1 heterocycles. The standard InChI is InChI=1S/C14H25F3O4/c1-10(2,3)8-12(7,18)20-9(11(4,5)6)13(19,21-8)14(15,16)17/h8-9,18-19H,1-7H3/t8-,9-,12+,13-/m0/s1. The Hall–Kier alpha value is -0.370. The summed E-state index contributed by atoms with van der Waals surface area (Å²) in [4.78, 5) is 0. The fourth-order valence-corrected chi connectivity index (χ4v) is 2.69. The second kappa shape index (κ2) is 4.81. The number of hydrogen-bond donors (Lipinski definition) is 2. The van der Waals surface area contributed by atoms with E-state index in [0.29, 0.717) is 0 Å². The van der Waals surface area contributed by atoms with Crippen LogP contribution < -0.4 is 0 Å². The lowest BCUT2D eigenvalue weighted by Crippen LogP contribution is -2.73. The molecule has 1 rings (SSSR count). The molecule has 4 atom stereocenters. The zero-order valence-electron chi connectivity index (χ0n) is 13.5. The first kappa shape index (κ1) is 18.7. The normalized spacial score (nSPS) is 39.4. The Morgan fingerprint density at radius 2 is 1.19 bits per heavy atom. The molecule has 126 valence electrons. The summed E-state index contributed by atoms with van der Waals surface area (Å²) >= 11 is 0. The highest BCUT2D eigenvalue weighted by Gasteiger charge is 2.70. The summed E-state index contributed by atoms with van der Waals surface area (Å²) < 4.78 is 50.4. The Morgan fingerprint density at radius 3 is 1.48 bits per heavy atom. The highest BCUT2D eigenvalue weighted by molar-refractivity contribution is 5.02. The van der Waals surface area contributed by atoms with Gasteiger partial charge in [0.05, 0.1) is 0 Å². The van der Waals surface area contributed by atoms with Gasteiger partial charge in [0.25, 0.3) is 5.79 Å². The van der Waals surface area contributed by atoms with Crippen molar-refractivity contribution in [3.63, 3.8) is 0 Å². The van der Waals surface area contributed by atoms with Crippen molar-refractivity contribution in [2.45, 2.75) is 78.4 Å². The molecule has 2 N–H and O–H groups in total. The van der Waals surface area contributed by atoms with E-state index in [9.17, 15) is 23.4 Å². The van der Waals surface area contributed by atoms with E-state index in [1.807, 2.05) is 0 Å². The first-order valence-electron chi connectivity index (χ1n) is 6.80. The van der Waals surface area contributed by atoms with Crippen LogP contribution in [0.4, 0.5) is 13.2 Å². The quantitative estimate of drug-likeness (QED) is 0.722. The van der Waals surface area contributed by atoms with Gasteiger partial charge in [-0.2, -0.15) is 13.2 Å². The van der Waals surface area contributed by atoms with E-state index in [4.69, 9.17) is 9.47 Å². The predicted molar refractivity (Wildman–Crippen MR) is 70.3 cm³/mol. The minimum absolute atomic E-state index is 0.869. The Morgan fingerprint density at radius 1 is 0.810 bits per heavy atom. The molecule has 0 radical (unpaired) electrons. The number of hydrogen-bond acceptors (Lipinski definition) is 4. The van der Waals surface area contributed by atoms with Crippen LogP contribution in [-0.4, -0.2) is 40.2 Å². The summed E-state index contributed by atoms with van der Waals surface area (Å²) in [5, 5.41) is 20.6. The molecule has 0 saturated carbocycles. The Labute approximate surface area is 123 Å². The van der Waals surface area contributed by atoms with Crippen LogP contribution in [0, 0.1) is 10.8 Å². The van der Waals surface area contributed by atoms with Crippen LogP contribution in [0.25, 0.3) is 0 Å². The first-order chi connectivity index (χ1) is 8.93. The van der Waals surface area contributed by atoms with Crippen molar-refractivity contribution in [2.75, 3.05) is 0 Å². The van der Waals surface area contributed by atoms with Gasteiger partial charge in [0.2, 0.25) is 0 Å². The summed E-state index contributed by atoms with van der Waals surface area (Å²) in [7, 11) is 0. The number of rotatable bonds is 0. The molecule has 21 heavy (non-hydrogen) atoms. The minimum Gasteiger partial charge on any atom is -0.364 e. The van der Waals surface area contributed by atoms with Crippen molar-refractivity contribution in [3.8, 4) is 0 Å². The van der Waals surface area contributed by atoms with E-state index in [1.165, 1.54) is 27.7 Å². The molecule has 1 saturated heterocycles. The van der Waals surface area contributed by atoms with Crippen molar-refractivity contribution in [2.24, 2.45) is 10.8 Å². The third kappa shape index (κ3) is 3.36. The van der Waals surface area contributed by atoms with Crippen molar-refractivity contribution in [1.29, 1.82) is 0 Å².